The number of hydrogen-bond donors (Lipinski definition) is 1. The third-order valence-electron chi connectivity index (χ3n) is 10.8. The van der Waals surface area contributed by atoms with Crippen LogP contribution in [0.2, 0.25) is 0 Å². The summed E-state index contributed by atoms with van der Waals surface area (Å²) >= 11 is 4.64. The van der Waals surface area contributed by atoms with Gasteiger partial charge in [-0.1, -0.05) is 63.1 Å². The maximum atomic E-state index is 13.5. The number of sulfonamides is 2. The predicted molar refractivity (Wildman–Crippen MR) is 261 cm³/mol. The molecule has 0 atom stereocenters. The zero-order valence-electron chi connectivity index (χ0n) is 39.7. The summed E-state index contributed by atoms with van der Waals surface area (Å²) in [5.41, 5.74) is 5.60. The number of hydrogen-bond acceptors (Lipinski definition) is 9. The molecule has 4 aromatic carbocycles. The number of halogens is 1. The minimum Gasteiger partial charge on any atom is -0.493 e. The van der Waals surface area contributed by atoms with Crippen LogP contribution in [0.1, 0.15) is 75.6 Å². The lowest BCUT2D eigenvalue weighted by atomic mass is 10.0. The number of rotatable bonds is 16. The number of ether oxygens (including phenoxy) is 4. The third-order valence-corrected chi connectivity index (χ3v) is 14.4. The average Bonchev–Trinajstić information content (AvgIpc) is 3.29. The van der Waals surface area contributed by atoms with Crippen molar-refractivity contribution in [3.05, 3.63) is 107 Å². The van der Waals surface area contributed by atoms with Gasteiger partial charge in [0.25, 0.3) is 20.0 Å². The fourth-order valence-electron chi connectivity index (χ4n) is 7.41. The number of benzene rings is 4. The summed E-state index contributed by atoms with van der Waals surface area (Å²) in [6, 6.07) is 25.3. The van der Waals surface area contributed by atoms with Crippen molar-refractivity contribution in [1.82, 2.24) is 0 Å². The molecule has 0 unspecified atom stereocenters. The number of anilines is 2. The molecule has 0 amide bonds. The summed E-state index contributed by atoms with van der Waals surface area (Å²) in [6.45, 7) is 21.3. The Morgan fingerprint density at radius 2 is 0.875 bits per heavy atom. The molecule has 2 saturated heterocycles. The van der Waals surface area contributed by atoms with Gasteiger partial charge in [0, 0.05) is 53.0 Å². The van der Waals surface area contributed by atoms with E-state index in [1.807, 2.05) is 91.8 Å². The predicted octanol–water partition coefficient (Wildman–Crippen LogP) is 10.4. The molecule has 0 saturated carbocycles. The van der Waals surface area contributed by atoms with Gasteiger partial charge in [0.2, 0.25) is 0 Å². The van der Waals surface area contributed by atoms with Crippen molar-refractivity contribution in [1.29, 1.82) is 0 Å². The van der Waals surface area contributed by atoms with E-state index in [1.165, 1.54) is 15.0 Å². The van der Waals surface area contributed by atoms with E-state index >= 15 is 0 Å². The van der Waals surface area contributed by atoms with Crippen molar-refractivity contribution in [2.24, 2.45) is 23.7 Å². The van der Waals surface area contributed by atoms with E-state index in [0.29, 0.717) is 49.6 Å². The van der Waals surface area contributed by atoms with E-state index in [0.717, 1.165) is 92.8 Å². The molecule has 6 rings (SSSR count). The van der Waals surface area contributed by atoms with Crippen LogP contribution in [0.3, 0.4) is 0 Å². The lowest BCUT2D eigenvalue weighted by Gasteiger charge is -2.28. The molecule has 0 aliphatic carbocycles. The maximum Gasteiger partial charge on any atom is 0.264 e. The van der Waals surface area contributed by atoms with Gasteiger partial charge < -0.3 is 24.1 Å². The second kappa shape index (κ2) is 26.9. The average molecular weight is 946 g/mol. The highest BCUT2D eigenvalue weighted by Gasteiger charge is 2.29. The van der Waals surface area contributed by atoms with Gasteiger partial charge in [-0.25, -0.2) is 16.8 Å². The summed E-state index contributed by atoms with van der Waals surface area (Å²) in [4.78, 5) is 0.558. The highest BCUT2D eigenvalue weighted by Crippen LogP contribution is 2.32. The molecule has 0 bridgehead atoms. The van der Waals surface area contributed by atoms with Crippen LogP contribution in [0.5, 0.6) is 11.5 Å². The SMILES string of the molecule is CCl.CO.Cc1ccc(N(CC(C)C)S(=O)(=O)c2ccc(OCC3CCOCC3)cc2)c(C)c1.Cc1ccc(N(CC(C)C)S(=O)(=O)c2ccc(OCC3CCOCC3)cc2)c(C)c1. The third kappa shape index (κ3) is 16.2. The Kier molecular flexibility index (Phi) is 22.9. The molecular formula is C50H73ClN2O9S2. The van der Waals surface area contributed by atoms with E-state index in [-0.39, 0.29) is 21.6 Å². The van der Waals surface area contributed by atoms with Crippen LogP contribution in [0.25, 0.3) is 0 Å². The second-order valence-electron chi connectivity index (χ2n) is 17.1. The van der Waals surface area contributed by atoms with Crippen molar-refractivity contribution >= 4 is 43.0 Å². The van der Waals surface area contributed by atoms with Crippen LogP contribution in [-0.2, 0) is 29.5 Å². The van der Waals surface area contributed by atoms with Gasteiger partial charge in [-0.15, -0.1) is 11.6 Å². The van der Waals surface area contributed by atoms with Crippen LogP contribution < -0.4 is 18.1 Å². The number of nitrogens with zero attached hydrogens (tertiary/aromatic N) is 2. The lowest BCUT2D eigenvalue weighted by molar-refractivity contribution is 0.0497. The van der Waals surface area contributed by atoms with Gasteiger partial charge in [-0.3, -0.25) is 8.61 Å². The van der Waals surface area contributed by atoms with Gasteiger partial charge in [-0.2, -0.15) is 0 Å². The van der Waals surface area contributed by atoms with E-state index in [2.05, 4.69) is 11.6 Å². The van der Waals surface area contributed by atoms with Crippen molar-refractivity contribution in [2.75, 3.05) is 74.8 Å². The van der Waals surface area contributed by atoms with Gasteiger partial charge in [0.05, 0.1) is 34.4 Å². The highest BCUT2D eigenvalue weighted by molar-refractivity contribution is 7.93. The normalized spacial score (nSPS) is 14.6. The van der Waals surface area contributed by atoms with Crippen molar-refractivity contribution in [3.63, 3.8) is 0 Å². The summed E-state index contributed by atoms with van der Waals surface area (Å²) in [5.74, 6) is 2.77. The summed E-state index contributed by atoms with van der Waals surface area (Å²) < 4.78 is 79.6. The summed E-state index contributed by atoms with van der Waals surface area (Å²) in [7, 11) is -6.35. The topological polar surface area (TPSA) is 132 Å². The number of alkyl halides is 1. The van der Waals surface area contributed by atoms with Crippen molar-refractivity contribution in [2.45, 2.75) is 90.9 Å². The minimum atomic E-state index is -3.68. The zero-order chi connectivity index (χ0) is 47.5. The Balaban J connectivity index is 0.000000316. The summed E-state index contributed by atoms with van der Waals surface area (Å²) in [5, 5.41) is 7.00. The molecule has 356 valence electrons. The van der Waals surface area contributed by atoms with Crippen LogP contribution in [0.4, 0.5) is 11.4 Å². The van der Waals surface area contributed by atoms with E-state index < -0.39 is 20.0 Å². The first-order valence-corrected chi connectivity index (χ1v) is 25.8. The lowest BCUT2D eigenvalue weighted by Crippen LogP contribution is -2.34. The van der Waals surface area contributed by atoms with Gasteiger partial charge in [0.1, 0.15) is 11.5 Å². The Morgan fingerprint density at radius 3 is 1.16 bits per heavy atom. The fraction of sp³-hybridized carbons (Fsp3) is 0.520. The van der Waals surface area contributed by atoms with Crippen LogP contribution >= 0.6 is 11.6 Å². The maximum absolute atomic E-state index is 13.5. The van der Waals surface area contributed by atoms with Crippen LogP contribution in [-0.4, -0.2) is 88.2 Å². The first-order valence-electron chi connectivity index (χ1n) is 22.2. The number of aliphatic hydroxyl groups excluding tert-OH is 1. The van der Waals surface area contributed by atoms with E-state index in [9.17, 15) is 16.8 Å². The first-order chi connectivity index (χ1) is 30.5. The number of aryl methyl sites for hydroxylation is 4. The van der Waals surface area contributed by atoms with Gasteiger partial charge in [0.15, 0.2) is 0 Å². The van der Waals surface area contributed by atoms with Crippen molar-refractivity contribution in [3.8, 4) is 11.5 Å². The molecular weight excluding hydrogens is 872 g/mol. The number of aliphatic hydroxyl groups is 1. The largest absolute Gasteiger partial charge is 0.493 e. The minimum absolute atomic E-state index is 0.197. The zero-order valence-corrected chi connectivity index (χ0v) is 42.1. The van der Waals surface area contributed by atoms with Crippen LogP contribution in [0, 0.1) is 51.4 Å². The fourth-order valence-corrected chi connectivity index (χ4v) is 10.8. The molecule has 64 heavy (non-hydrogen) atoms. The molecule has 0 spiro atoms. The molecule has 4 aromatic rings. The molecule has 2 aliphatic heterocycles. The molecule has 2 fully saturated rings. The Labute approximate surface area is 390 Å². The Morgan fingerprint density at radius 1 is 0.562 bits per heavy atom. The van der Waals surface area contributed by atoms with Gasteiger partial charge >= 0.3 is 0 Å². The van der Waals surface area contributed by atoms with Crippen molar-refractivity contribution < 1.29 is 40.9 Å². The molecule has 14 heteroatoms. The molecule has 2 aliphatic rings. The van der Waals surface area contributed by atoms with Gasteiger partial charge in [-0.05, 0) is 149 Å². The highest BCUT2D eigenvalue weighted by atomic mass is 35.5. The van der Waals surface area contributed by atoms with E-state index in [4.69, 9.17) is 24.1 Å². The molecule has 2 heterocycles. The Hall–Kier alpha value is -3.85. The standard InChI is InChI=1S/2C24H33NO4S.CH3Cl.CH4O/c2*1-18(2)16-25(24-10-5-19(3)15-20(24)4)30(26,27)23-8-6-22(7-9-23)29-17-21-11-13-28-14-12-21;2*1-2/h2*5-10,15,18,21H,11-14,16-17H2,1-4H3;1H3;2H,1H3. The molecule has 0 aromatic heterocycles. The quantitative estimate of drug-likeness (QED) is 0.109. The molecule has 0 radical (unpaired) electrons. The Bertz CT molecular complexity index is 2030. The summed E-state index contributed by atoms with van der Waals surface area (Å²) in [6.07, 6.45) is 5.50. The van der Waals surface area contributed by atoms with Crippen LogP contribution in [0.15, 0.2) is 94.7 Å². The molecule has 11 nitrogen and oxygen atoms in total. The smallest absolute Gasteiger partial charge is 0.264 e. The monoisotopic (exact) mass is 944 g/mol. The first kappa shape index (κ1) is 54.5. The van der Waals surface area contributed by atoms with E-state index in [1.54, 1.807) is 48.5 Å². The second-order valence-corrected chi connectivity index (χ2v) is 20.8. The molecule has 1 N–H and O–H groups in total.